The molecule has 2 saturated carbocycles. The van der Waals surface area contributed by atoms with Crippen LogP contribution in [0.15, 0.2) is 24.3 Å². The molecule has 116 valence electrons. The van der Waals surface area contributed by atoms with Crippen molar-refractivity contribution >= 4 is 0 Å². The molecule has 1 aromatic carbocycles. The van der Waals surface area contributed by atoms with Crippen molar-refractivity contribution in [1.82, 2.24) is 5.32 Å². The minimum atomic E-state index is 0.393. The summed E-state index contributed by atoms with van der Waals surface area (Å²) in [6, 6.07) is 10.4. The van der Waals surface area contributed by atoms with Gasteiger partial charge in [-0.3, -0.25) is 0 Å². The molecule has 0 bridgehead atoms. The Hall–Kier alpha value is -0.820. The first-order valence-electron chi connectivity index (χ1n) is 8.93. The fourth-order valence-corrected chi connectivity index (χ4v) is 3.73. The molecule has 1 aromatic rings. The largest absolute Gasteiger partial charge is 0.313 e. The molecule has 2 fully saturated rings. The normalized spacial score (nSPS) is 29.8. The van der Waals surface area contributed by atoms with Crippen molar-refractivity contribution in [1.29, 1.82) is 0 Å². The first-order valence-corrected chi connectivity index (χ1v) is 8.93. The predicted molar refractivity (Wildman–Crippen MR) is 90.9 cm³/mol. The molecule has 0 aromatic heterocycles. The summed E-state index contributed by atoms with van der Waals surface area (Å²) in [5, 5.41) is 3.82. The number of rotatable bonds is 5. The lowest BCUT2D eigenvalue weighted by Crippen LogP contribution is -2.41. The van der Waals surface area contributed by atoms with Crippen molar-refractivity contribution in [2.75, 3.05) is 6.54 Å². The van der Waals surface area contributed by atoms with Crippen molar-refractivity contribution in [2.45, 2.75) is 76.7 Å². The minimum Gasteiger partial charge on any atom is -0.313 e. The third kappa shape index (κ3) is 3.51. The van der Waals surface area contributed by atoms with Crippen LogP contribution in [0.3, 0.4) is 0 Å². The lowest BCUT2D eigenvalue weighted by molar-refractivity contribution is 0.233. The Labute approximate surface area is 130 Å². The smallest absolute Gasteiger partial charge is 0.00780 e. The molecule has 21 heavy (non-hydrogen) atoms. The fourth-order valence-electron chi connectivity index (χ4n) is 3.73. The molecule has 0 unspecified atom stereocenters. The summed E-state index contributed by atoms with van der Waals surface area (Å²) < 4.78 is 0. The van der Waals surface area contributed by atoms with Crippen molar-refractivity contribution in [2.24, 2.45) is 5.92 Å². The van der Waals surface area contributed by atoms with Crippen molar-refractivity contribution < 1.29 is 0 Å². The van der Waals surface area contributed by atoms with Crippen LogP contribution in [0.1, 0.15) is 76.3 Å². The number of benzene rings is 1. The number of hydrogen-bond acceptors (Lipinski definition) is 1. The van der Waals surface area contributed by atoms with Gasteiger partial charge in [0.25, 0.3) is 0 Å². The average Bonchev–Trinajstić information content (AvgIpc) is 3.31. The Bertz CT molecular complexity index is 447. The predicted octanol–water partition coefficient (Wildman–Crippen LogP) is 5.01. The second kappa shape index (κ2) is 6.12. The molecule has 0 spiro atoms. The highest BCUT2D eigenvalue weighted by Crippen LogP contribution is 2.42. The molecule has 0 heterocycles. The van der Waals surface area contributed by atoms with Crippen molar-refractivity contribution in [3.63, 3.8) is 0 Å². The van der Waals surface area contributed by atoms with Gasteiger partial charge in [0, 0.05) is 18.0 Å². The molecule has 2 aliphatic carbocycles. The Morgan fingerprint density at radius 3 is 2.19 bits per heavy atom. The van der Waals surface area contributed by atoms with E-state index in [1.165, 1.54) is 50.6 Å². The topological polar surface area (TPSA) is 12.0 Å². The molecule has 2 aliphatic rings. The summed E-state index contributed by atoms with van der Waals surface area (Å²) in [6.45, 7) is 8.16. The quantitative estimate of drug-likeness (QED) is 0.802. The van der Waals surface area contributed by atoms with Crippen LogP contribution in [-0.2, 0) is 5.41 Å². The Morgan fingerprint density at radius 2 is 1.67 bits per heavy atom. The van der Waals surface area contributed by atoms with Gasteiger partial charge < -0.3 is 5.32 Å². The molecular formula is C20H31N. The maximum absolute atomic E-state index is 3.82. The van der Waals surface area contributed by atoms with Crippen LogP contribution in [0.5, 0.6) is 0 Å². The zero-order valence-corrected chi connectivity index (χ0v) is 14.0. The fraction of sp³-hybridized carbons (Fsp3) is 0.700. The van der Waals surface area contributed by atoms with Crippen LogP contribution in [-0.4, -0.2) is 12.6 Å². The van der Waals surface area contributed by atoms with E-state index in [0.717, 1.165) is 12.0 Å². The monoisotopic (exact) mass is 285 g/mol. The van der Waals surface area contributed by atoms with E-state index < -0.39 is 0 Å². The summed E-state index contributed by atoms with van der Waals surface area (Å²) in [5.41, 5.74) is 3.44. The summed E-state index contributed by atoms with van der Waals surface area (Å²) in [7, 11) is 0. The van der Waals surface area contributed by atoms with Gasteiger partial charge in [-0.2, -0.15) is 0 Å². The first kappa shape index (κ1) is 15.1. The van der Waals surface area contributed by atoms with Crippen molar-refractivity contribution in [3.8, 4) is 0 Å². The van der Waals surface area contributed by atoms with E-state index in [-0.39, 0.29) is 0 Å². The van der Waals surface area contributed by atoms with Gasteiger partial charge in [-0.1, -0.05) is 45.0 Å². The summed E-state index contributed by atoms with van der Waals surface area (Å²) in [4.78, 5) is 0. The van der Waals surface area contributed by atoms with E-state index in [0.29, 0.717) is 11.3 Å². The van der Waals surface area contributed by atoms with E-state index in [1.807, 2.05) is 0 Å². The van der Waals surface area contributed by atoms with Gasteiger partial charge in [0.2, 0.25) is 0 Å². The molecule has 1 N–H and O–H groups in total. The highest BCUT2D eigenvalue weighted by Gasteiger charge is 2.37. The molecular weight excluding hydrogens is 254 g/mol. The van der Waals surface area contributed by atoms with Gasteiger partial charge in [0.05, 0.1) is 0 Å². The van der Waals surface area contributed by atoms with E-state index in [4.69, 9.17) is 0 Å². The van der Waals surface area contributed by atoms with Gasteiger partial charge in [-0.25, -0.2) is 0 Å². The summed E-state index contributed by atoms with van der Waals surface area (Å²) in [6.07, 6.45) is 8.26. The molecule has 0 saturated heterocycles. The second-order valence-corrected chi connectivity index (χ2v) is 7.89. The van der Waals surface area contributed by atoms with Crippen molar-refractivity contribution in [3.05, 3.63) is 35.4 Å². The molecule has 1 nitrogen and oxygen atoms in total. The standard InChI is InChI=1S/C20H31N/c1-15(2)17-4-6-18(7-5-17)20(14-21-19-8-9-19)12-10-16(3)11-13-20/h4-7,15-16,19,21H,8-14H2,1-3H3. The molecule has 0 radical (unpaired) electrons. The zero-order chi connectivity index (χ0) is 14.9. The SMILES string of the molecule is CC1CCC(CNC2CC2)(c2ccc(C(C)C)cc2)CC1. The molecule has 0 amide bonds. The summed E-state index contributed by atoms with van der Waals surface area (Å²) >= 11 is 0. The van der Waals surface area contributed by atoms with Crippen LogP contribution < -0.4 is 5.32 Å². The van der Waals surface area contributed by atoms with Crippen LogP contribution in [0.2, 0.25) is 0 Å². The number of nitrogens with one attached hydrogen (secondary N) is 1. The lowest BCUT2D eigenvalue weighted by atomic mass is 9.66. The molecule has 3 rings (SSSR count). The van der Waals surface area contributed by atoms with Gasteiger partial charge >= 0.3 is 0 Å². The van der Waals surface area contributed by atoms with Crippen LogP contribution in [0.25, 0.3) is 0 Å². The van der Waals surface area contributed by atoms with Crippen LogP contribution >= 0.6 is 0 Å². The highest BCUT2D eigenvalue weighted by molar-refractivity contribution is 5.31. The van der Waals surface area contributed by atoms with E-state index >= 15 is 0 Å². The third-order valence-electron chi connectivity index (χ3n) is 5.73. The highest BCUT2D eigenvalue weighted by atomic mass is 15.0. The van der Waals surface area contributed by atoms with Gasteiger partial charge in [-0.05, 0) is 61.5 Å². The first-order chi connectivity index (χ1) is 10.1. The van der Waals surface area contributed by atoms with Crippen LogP contribution in [0.4, 0.5) is 0 Å². The Balaban J connectivity index is 1.79. The molecule has 1 heteroatoms. The van der Waals surface area contributed by atoms with Gasteiger partial charge in [0.15, 0.2) is 0 Å². The minimum absolute atomic E-state index is 0.393. The van der Waals surface area contributed by atoms with Gasteiger partial charge in [-0.15, -0.1) is 0 Å². The second-order valence-electron chi connectivity index (χ2n) is 7.89. The van der Waals surface area contributed by atoms with E-state index in [9.17, 15) is 0 Å². The summed E-state index contributed by atoms with van der Waals surface area (Å²) in [5.74, 6) is 1.54. The van der Waals surface area contributed by atoms with E-state index in [1.54, 1.807) is 5.56 Å². The average molecular weight is 285 g/mol. The lowest BCUT2D eigenvalue weighted by Gasteiger charge is -2.40. The number of hydrogen-bond donors (Lipinski definition) is 1. The Morgan fingerprint density at radius 1 is 1.05 bits per heavy atom. The molecule has 0 aliphatic heterocycles. The third-order valence-corrected chi connectivity index (χ3v) is 5.73. The Kier molecular flexibility index (Phi) is 4.40. The van der Waals surface area contributed by atoms with E-state index in [2.05, 4.69) is 50.4 Å². The zero-order valence-electron chi connectivity index (χ0n) is 14.0. The van der Waals surface area contributed by atoms with Gasteiger partial charge in [0.1, 0.15) is 0 Å². The molecule has 0 atom stereocenters. The van der Waals surface area contributed by atoms with Crippen LogP contribution in [0, 0.1) is 5.92 Å². The maximum Gasteiger partial charge on any atom is 0.00780 e. The maximum atomic E-state index is 3.82.